The highest BCUT2D eigenvalue weighted by molar-refractivity contribution is 5.90. The predicted octanol–water partition coefficient (Wildman–Crippen LogP) is 1.85. The molecule has 0 aliphatic carbocycles. The molecule has 0 saturated carbocycles. The third-order valence-corrected chi connectivity index (χ3v) is 3.71. The number of hydroxylamine groups is 1. The molecule has 0 fully saturated rings. The van der Waals surface area contributed by atoms with E-state index in [9.17, 15) is 14.4 Å². The predicted molar refractivity (Wildman–Crippen MR) is 96.7 cm³/mol. The van der Waals surface area contributed by atoms with Crippen LogP contribution in [0.4, 0.5) is 0 Å². The van der Waals surface area contributed by atoms with Crippen LogP contribution in [0.15, 0.2) is 0 Å². The maximum absolute atomic E-state index is 12.6. The summed E-state index contributed by atoms with van der Waals surface area (Å²) >= 11 is 0. The minimum atomic E-state index is -0.627. The zero-order valence-electron chi connectivity index (χ0n) is 16.4. The van der Waals surface area contributed by atoms with E-state index in [2.05, 4.69) is 10.6 Å². The summed E-state index contributed by atoms with van der Waals surface area (Å²) in [5.74, 6) is -0.959. The van der Waals surface area contributed by atoms with E-state index in [0.29, 0.717) is 25.3 Å². The molecule has 7 heteroatoms. The van der Waals surface area contributed by atoms with Gasteiger partial charge in [-0.15, -0.1) is 0 Å². The first-order valence-electron chi connectivity index (χ1n) is 9.07. The summed E-state index contributed by atoms with van der Waals surface area (Å²) in [4.78, 5) is 36.5. The van der Waals surface area contributed by atoms with Crippen LogP contribution in [0.25, 0.3) is 0 Å². The molecule has 0 aliphatic rings. The first-order chi connectivity index (χ1) is 11.6. The Morgan fingerprint density at radius 2 is 1.40 bits per heavy atom. The molecule has 0 bridgehead atoms. The van der Waals surface area contributed by atoms with Crippen molar-refractivity contribution < 1.29 is 19.6 Å². The molecule has 0 saturated heterocycles. The fraction of sp³-hybridized carbons (Fsp3) is 0.833. The van der Waals surface area contributed by atoms with Gasteiger partial charge in [-0.05, 0) is 30.6 Å². The van der Waals surface area contributed by atoms with E-state index in [4.69, 9.17) is 5.21 Å². The second-order valence-electron chi connectivity index (χ2n) is 7.90. The largest absolute Gasteiger partial charge is 0.354 e. The molecule has 3 amide bonds. The quantitative estimate of drug-likeness (QED) is 0.334. The SMILES string of the molecule is CC(C)CNC(=O)C(CC(C)C)NC(=O)C(CC(=O)NO)CC(C)C. The summed E-state index contributed by atoms with van der Waals surface area (Å²) in [5.41, 5.74) is 1.57. The van der Waals surface area contributed by atoms with Crippen molar-refractivity contribution in [1.82, 2.24) is 16.1 Å². The van der Waals surface area contributed by atoms with Gasteiger partial charge < -0.3 is 10.6 Å². The molecule has 0 aromatic carbocycles. The van der Waals surface area contributed by atoms with E-state index >= 15 is 0 Å². The van der Waals surface area contributed by atoms with Gasteiger partial charge in [-0.25, -0.2) is 5.48 Å². The molecule has 4 N–H and O–H groups in total. The van der Waals surface area contributed by atoms with Crippen LogP contribution in [0.3, 0.4) is 0 Å². The molecular weight excluding hydrogens is 322 g/mol. The van der Waals surface area contributed by atoms with Crippen molar-refractivity contribution in [2.75, 3.05) is 6.54 Å². The second-order valence-corrected chi connectivity index (χ2v) is 7.90. The topological polar surface area (TPSA) is 108 Å². The lowest BCUT2D eigenvalue weighted by molar-refractivity contribution is -0.136. The monoisotopic (exact) mass is 357 g/mol. The van der Waals surface area contributed by atoms with Crippen LogP contribution in [0, 0.1) is 23.7 Å². The summed E-state index contributed by atoms with van der Waals surface area (Å²) in [6, 6.07) is -0.627. The lowest BCUT2D eigenvalue weighted by Crippen LogP contribution is -2.50. The van der Waals surface area contributed by atoms with Crippen LogP contribution in [0.2, 0.25) is 0 Å². The van der Waals surface area contributed by atoms with E-state index in [0.717, 1.165) is 0 Å². The summed E-state index contributed by atoms with van der Waals surface area (Å²) in [5, 5.41) is 14.4. The maximum atomic E-state index is 12.6. The third kappa shape index (κ3) is 10.8. The molecule has 7 nitrogen and oxygen atoms in total. The zero-order chi connectivity index (χ0) is 19.6. The number of amides is 3. The molecular formula is C18H35N3O4. The Balaban J connectivity index is 5.03. The number of carbonyl (C=O) groups excluding carboxylic acids is 3. The van der Waals surface area contributed by atoms with Crippen molar-refractivity contribution in [3.05, 3.63) is 0 Å². The zero-order valence-corrected chi connectivity index (χ0v) is 16.4. The summed E-state index contributed by atoms with van der Waals surface area (Å²) in [6.07, 6.45) is 0.917. The number of carbonyl (C=O) groups is 3. The van der Waals surface area contributed by atoms with Crippen molar-refractivity contribution in [2.24, 2.45) is 23.7 Å². The number of rotatable bonds is 11. The molecule has 2 unspecified atom stereocenters. The molecule has 2 atom stereocenters. The van der Waals surface area contributed by atoms with Gasteiger partial charge in [0.25, 0.3) is 0 Å². The smallest absolute Gasteiger partial charge is 0.244 e. The van der Waals surface area contributed by atoms with Crippen molar-refractivity contribution >= 4 is 17.7 Å². The molecule has 0 spiro atoms. The van der Waals surface area contributed by atoms with Crippen LogP contribution >= 0.6 is 0 Å². The lowest BCUT2D eigenvalue weighted by Gasteiger charge is -2.24. The van der Waals surface area contributed by atoms with Gasteiger partial charge in [0.1, 0.15) is 6.04 Å². The average Bonchev–Trinajstić information content (AvgIpc) is 2.49. The summed E-state index contributed by atoms with van der Waals surface area (Å²) in [6.45, 7) is 12.4. The van der Waals surface area contributed by atoms with Gasteiger partial charge in [0.2, 0.25) is 17.7 Å². The van der Waals surface area contributed by atoms with E-state index in [-0.39, 0.29) is 30.1 Å². The maximum Gasteiger partial charge on any atom is 0.244 e. The van der Waals surface area contributed by atoms with Crippen molar-refractivity contribution in [2.45, 2.75) is 66.8 Å². The van der Waals surface area contributed by atoms with Gasteiger partial charge in [-0.1, -0.05) is 41.5 Å². The Bertz CT molecular complexity index is 436. The van der Waals surface area contributed by atoms with Gasteiger partial charge in [-0.2, -0.15) is 0 Å². The third-order valence-electron chi connectivity index (χ3n) is 3.71. The fourth-order valence-corrected chi connectivity index (χ4v) is 2.54. The number of hydrogen-bond donors (Lipinski definition) is 4. The van der Waals surface area contributed by atoms with Crippen LogP contribution in [0.1, 0.15) is 60.8 Å². The summed E-state index contributed by atoms with van der Waals surface area (Å²) in [7, 11) is 0. The van der Waals surface area contributed by atoms with Crippen LogP contribution in [-0.2, 0) is 14.4 Å². The Morgan fingerprint density at radius 1 is 0.840 bits per heavy atom. The molecule has 146 valence electrons. The van der Waals surface area contributed by atoms with Gasteiger partial charge in [0, 0.05) is 18.9 Å². The Kier molecular flexibility index (Phi) is 11.1. The van der Waals surface area contributed by atoms with E-state index in [1.807, 2.05) is 41.5 Å². The molecule has 0 heterocycles. The minimum absolute atomic E-state index is 0.109. The Labute approximate surface area is 151 Å². The van der Waals surface area contributed by atoms with Gasteiger partial charge in [-0.3, -0.25) is 19.6 Å². The van der Waals surface area contributed by atoms with Crippen molar-refractivity contribution in [1.29, 1.82) is 0 Å². The number of nitrogens with one attached hydrogen (secondary N) is 3. The van der Waals surface area contributed by atoms with Crippen LogP contribution < -0.4 is 16.1 Å². The van der Waals surface area contributed by atoms with Gasteiger partial charge in [0.05, 0.1) is 0 Å². The van der Waals surface area contributed by atoms with Crippen molar-refractivity contribution in [3.63, 3.8) is 0 Å². The van der Waals surface area contributed by atoms with E-state index in [1.165, 1.54) is 0 Å². The summed E-state index contributed by atoms with van der Waals surface area (Å²) < 4.78 is 0. The van der Waals surface area contributed by atoms with Crippen molar-refractivity contribution in [3.8, 4) is 0 Å². The number of hydrogen-bond acceptors (Lipinski definition) is 4. The van der Waals surface area contributed by atoms with E-state index < -0.39 is 17.9 Å². The highest BCUT2D eigenvalue weighted by Crippen LogP contribution is 2.17. The van der Waals surface area contributed by atoms with Gasteiger partial charge >= 0.3 is 0 Å². The molecule has 0 rings (SSSR count). The Hall–Kier alpha value is -1.63. The average molecular weight is 357 g/mol. The van der Waals surface area contributed by atoms with E-state index in [1.54, 1.807) is 5.48 Å². The molecule has 0 aromatic rings. The lowest BCUT2D eigenvalue weighted by atomic mass is 9.92. The molecule has 0 aliphatic heterocycles. The fourth-order valence-electron chi connectivity index (χ4n) is 2.54. The van der Waals surface area contributed by atoms with Gasteiger partial charge in [0.15, 0.2) is 0 Å². The van der Waals surface area contributed by atoms with Crippen LogP contribution in [-0.4, -0.2) is 35.5 Å². The first-order valence-corrected chi connectivity index (χ1v) is 9.07. The first kappa shape index (κ1) is 23.4. The molecule has 25 heavy (non-hydrogen) atoms. The highest BCUT2D eigenvalue weighted by atomic mass is 16.5. The second kappa shape index (κ2) is 11.8. The highest BCUT2D eigenvalue weighted by Gasteiger charge is 2.28. The normalized spacial score (nSPS) is 13.7. The minimum Gasteiger partial charge on any atom is -0.354 e. The Morgan fingerprint density at radius 3 is 1.84 bits per heavy atom. The standard InChI is InChI=1S/C18H35N3O4/c1-11(2)7-14(9-16(22)21-25)17(23)20-15(8-12(3)4)18(24)19-10-13(5)6/h11-15,25H,7-10H2,1-6H3,(H,19,24)(H,20,23)(H,21,22). The molecule has 0 radical (unpaired) electrons. The molecule has 0 aromatic heterocycles. The van der Waals surface area contributed by atoms with Crippen LogP contribution in [0.5, 0.6) is 0 Å².